The second kappa shape index (κ2) is 5.63. The number of carbonyl (C=O) groups is 2. The molecule has 18 heavy (non-hydrogen) atoms. The fourth-order valence-electron chi connectivity index (χ4n) is 1.49. The predicted molar refractivity (Wildman–Crippen MR) is 64.6 cm³/mol. The van der Waals surface area contributed by atoms with E-state index in [2.05, 4.69) is 0 Å². The van der Waals surface area contributed by atoms with Gasteiger partial charge in [0, 0.05) is 0 Å². The topological polar surface area (TPSA) is 115 Å². The highest BCUT2D eigenvalue weighted by Crippen LogP contribution is 2.11. The Morgan fingerprint density at radius 3 is 2.22 bits per heavy atom. The van der Waals surface area contributed by atoms with Crippen molar-refractivity contribution in [3.05, 3.63) is 35.9 Å². The van der Waals surface area contributed by atoms with Crippen LogP contribution in [0, 0.1) is 0 Å². The van der Waals surface area contributed by atoms with Crippen molar-refractivity contribution in [2.75, 3.05) is 5.75 Å². The molecule has 1 rings (SSSR count). The molecular weight excluding hydrogens is 258 g/mol. The first-order chi connectivity index (χ1) is 8.33. The quantitative estimate of drug-likeness (QED) is 0.729. The number of hydrogen-bond donors (Lipinski definition) is 2. The fourth-order valence-corrected chi connectivity index (χ4v) is 2.85. The number of primary amides is 1. The molecule has 0 radical (unpaired) electrons. The van der Waals surface area contributed by atoms with Crippen LogP contribution in [0.2, 0.25) is 0 Å². The van der Waals surface area contributed by atoms with Crippen LogP contribution in [0.1, 0.15) is 5.56 Å². The number of nitrogens with two attached hydrogens (primary N) is 1. The number of amides is 1. The van der Waals surface area contributed by atoms with Crippen molar-refractivity contribution >= 4 is 21.7 Å². The first kappa shape index (κ1) is 14.2. The summed E-state index contributed by atoms with van der Waals surface area (Å²) in [6.45, 7) is 0. The highest BCUT2D eigenvalue weighted by Gasteiger charge is 2.33. The van der Waals surface area contributed by atoms with Gasteiger partial charge in [0.25, 0.3) is 0 Å². The molecule has 7 heteroatoms. The molecule has 0 fully saturated rings. The molecule has 0 aliphatic heterocycles. The van der Waals surface area contributed by atoms with Crippen LogP contribution in [-0.2, 0) is 25.8 Å². The molecule has 0 heterocycles. The van der Waals surface area contributed by atoms with Gasteiger partial charge in [-0.3, -0.25) is 9.59 Å². The van der Waals surface area contributed by atoms with Gasteiger partial charge in [0.1, 0.15) is 5.75 Å². The molecular formula is C11H13NO5S. The van der Waals surface area contributed by atoms with Crippen LogP contribution in [0.15, 0.2) is 30.3 Å². The molecule has 6 nitrogen and oxygen atoms in total. The Balaban J connectivity index is 2.98. The van der Waals surface area contributed by atoms with Crippen molar-refractivity contribution in [2.24, 2.45) is 5.73 Å². The zero-order chi connectivity index (χ0) is 13.8. The lowest BCUT2D eigenvalue weighted by atomic mass is 10.1. The molecule has 0 saturated heterocycles. The van der Waals surface area contributed by atoms with E-state index in [1.807, 2.05) is 0 Å². The summed E-state index contributed by atoms with van der Waals surface area (Å²) in [5, 5.41) is 7.29. The standard InChI is InChI=1S/C11H13NO5S/c12-10(13)7-18(16,17)9(11(14)15)6-8-4-2-1-3-5-8/h1-5,9H,6-7H2,(H2,12,13)(H,14,15). The zero-order valence-electron chi connectivity index (χ0n) is 9.44. The number of rotatable bonds is 6. The first-order valence-corrected chi connectivity index (χ1v) is 6.81. The molecule has 0 spiro atoms. The Morgan fingerprint density at radius 2 is 1.78 bits per heavy atom. The van der Waals surface area contributed by atoms with Crippen LogP contribution in [0.5, 0.6) is 0 Å². The summed E-state index contributed by atoms with van der Waals surface area (Å²) >= 11 is 0. The molecule has 0 bridgehead atoms. The molecule has 1 aromatic carbocycles. The van der Waals surface area contributed by atoms with Gasteiger partial charge in [0.05, 0.1) is 0 Å². The lowest BCUT2D eigenvalue weighted by Gasteiger charge is -2.12. The molecule has 1 unspecified atom stereocenters. The number of hydrogen-bond acceptors (Lipinski definition) is 4. The van der Waals surface area contributed by atoms with Gasteiger partial charge in [-0.1, -0.05) is 30.3 Å². The van der Waals surface area contributed by atoms with E-state index in [4.69, 9.17) is 10.8 Å². The van der Waals surface area contributed by atoms with Gasteiger partial charge in [-0.15, -0.1) is 0 Å². The third kappa shape index (κ3) is 3.85. The molecule has 1 atom stereocenters. The first-order valence-electron chi connectivity index (χ1n) is 5.09. The lowest BCUT2D eigenvalue weighted by Crippen LogP contribution is -2.38. The van der Waals surface area contributed by atoms with Crippen LogP contribution in [0.4, 0.5) is 0 Å². The van der Waals surface area contributed by atoms with Gasteiger partial charge < -0.3 is 10.8 Å². The van der Waals surface area contributed by atoms with Gasteiger partial charge in [0.15, 0.2) is 15.1 Å². The lowest BCUT2D eigenvalue weighted by molar-refractivity contribution is -0.136. The zero-order valence-corrected chi connectivity index (χ0v) is 10.3. The maximum atomic E-state index is 11.7. The second-order valence-electron chi connectivity index (χ2n) is 3.79. The molecule has 0 saturated carbocycles. The minimum atomic E-state index is -4.09. The van der Waals surface area contributed by atoms with Crippen LogP contribution < -0.4 is 5.73 Å². The summed E-state index contributed by atoms with van der Waals surface area (Å²) in [5.74, 6) is -3.51. The largest absolute Gasteiger partial charge is 0.480 e. The van der Waals surface area contributed by atoms with E-state index in [1.54, 1.807) is 30.3 Å². The summed E-state index contributed by atoms with van der Waals surface area (Å²) in [6.07, 6.45) is -0.189. The van der Waals surface area contributed by atoms with Gasteiger partial charge in [0.2, 0.25) is 5.91 Å². The number of sulfone groups is 1. The maximum Gasteiger partial charge on any atom is 0.322 e. The Morgan fingerprint density at radius 1 is 1.22 bits per heavy atom. The summed E-state index contributed by atoms with van der Waals surface area (Å²) < 4.78 is 23.4. The molecule has 3 N–H and O–H groups in total. The molecule has 0 aliphatic carbocycles. The highest BCUT2D eigenvalue weighted by atomic mass is 32.2. The van der Waals surface area contributed by atoms with Crippen molar-refractivity contribution in [1.82, 2.24) is 0 Å². The smallest absolute Gasteiger partial charge is 0.322 e. The SMILES string of the molecule is NC(=O)CS(=O)(=O)C(Cc1ccccc1)C(=O)O. The number of carboxylic acid groups (broad SMARTS) is 1. The van der Waals surface area contributed by atoms with Crippen LogP contribution in [0.25, 0.3) is 0 Å². The Bertz CT molecular complexity index is 538. The average Bonchev–Trinajstić information content (AvgIpc) is 2.25. The van der Waals surface area contributed by atoms with Gasteiger partial charge >= 0.3 is 5.97 Å². The number of carbonyl (C=O) groups excluding carboxylic acids is 1. The molecule has 1 amide bonds. The molecule has 1 aromatic rings. The van der Waals surface area contributed by atoms with E-state index in [-0.39, 0.29) is 6.42 Å². The predicted octanol–water partition coefficient (Wildman–Crippen LogP) is -0.418. The van der Waals surface area contributed by atoms with Crippen molar-refractivity contribution in [1.29, 1.82) is 0 Å². The van der Waals surface area contributed by atoms with E-state index in [0.717, 1.165) is 0 Å². The van der Waals surface area contributed by atoms with Gasteiger partial charge in [-0.05, 0) is 12.0 Å². The molecule has 98 valence electrons. The minimum absolute atomic E-state index is 0.189. The van der Waals surface area contributed by atoms with E-state index >= 15 is 0 Å². The average molecular weight is 271 g/mol. The third-order valence-electron chi connectivity index (χ3n) is 2.32. The molecule has 0 aliphatic rings. The molecule has 0 aromatic heterocycles. The van der Waals surface area contributed by atoms with Gasteiger partial charge in [-0.2, -0.15) is 0 Å². The third-order valence-corrected chi connectivity index (χ3v) is 4.24. The van der Waals surface area contributed by atoms with Crippen molar-refractivity contribution in [2.45, 2.75) is 11.7 Å². The Kier molecular flexibility index (Phi) is 4.43. The van der Waals surface area contributed by atoms with E-state index in [1.165, 1.54) is 0 Å². The summed E-state index contributed by atoms with van der Waals surface area (Å²) in [6, 6.07) is 8.33. The summed E-state index contributed by atoms with van der Waals surface area (Å²) in [7, 11) is -4.09. The minimum Gasteiger partial charge on any atom is -0.480 e. The summed E-state index contributed by atoms with van der Waals surface area (Å²) in [4.78, 5) is 21.6. The van der Waals surface area contributed by atoms with Crippen LogP contribution >= 0.6 is 0 Å². The Labute approximate surface area is 104 Å². The summed E-state index contributed by atoms with van der Waals surface area (Å²) in [5.41, 5.74) is 5.37. The van der Waals surface area contributed by atoms with Crippen LogP contribution in [0.3, 0.4) is 0 Å². The second-order valence-corrected chi connectivity index (χ2v) is 5.97. The Hall–Kier alpha value is -1.89. The maximum absolute atomic E-state index is 11.7. The van der Waals surface area contributed by atoms with Crippen molar-refractivity contribution in [3.63, 3.8) is 0 Å². The fraction of sp³-hybridized carbons (Fsp3) is 0.273. The van der Waals surface area contributed by atoms with Gasteiger partial charge in [-0.25, -0.2) is 8.42 Å². The monoisotopic (exact) mass is 271 g/mol. The number of aliphatic carboxylic acids is 1. The van der Waals surface area contributed by atoms with E-state index < -0.39 is 32.7 Å². The normalized spacial score (nSPS) is 12.9. The number of carboxylic acids is 1. The van der Waals surface area contributed by atoms with E-state index in [0.29, 0.717) is 5.56 Å². The van der Waals surface area contributed by atoms with Crippen LogP contribution in [-0.4, -0.2) is 36.4 Å². The van der Waals surface area contributed by atoms with Crippen molar-refractivity contribution < 1.29 is 23.1 Å². The van der Waals surface area contributed by atoms with Crippen molar-refractivity contribution in [3.8, 4) is 0 Å². The highest BCUT2D eigenvalue weighted by molar-refractivity contribution is 7.93. The van der Waals surface area contributed by atoms with E-state index in [9.17, 15) is 18.0 Å². The number of benzene rings is 1.